The first-order valence-corrected chi connectivity index (χ1v) is 10.9. The van der Waals surface area contributed by atoms with Crippen molar-refractivity contribution in [2.45, 2.75) is 51.2 Å². The van der Waals surface area contributed by atoms with Gasteiger partial charge in [0.1, 0.15) is 11.9 Å². The van der Waals surface area contributed by atoms with Crippen molar-refractivity contribution in [2.24, 2.45) is 5.92 Å². The Labute approximate surface area is 174 Å². The summed E-state index contributed by atoms with van der Waals surface area (Å²) < 4.78 is 6.16. The molecule has 1 atom stereocenters. The summed E-state index contributed by atoms with van der Waals surface area (Å²) >= 11 is 6.40. The fourth-order valence-corrected chi connectivity index (χ4v) is 4.06. The van der Waals surface area contributed by atoms with E-state index in [0.717, 1.165) is 38.4 Å². The molecule has 1 heterocycles. The standard InChI is InChI=1S/C22H34ClN3O2/c1-16(14-17-4-5-17)26-11-8-19(9-12-26)28-21-7-6-18(15-20(21)23)22(27)24-10-13-25(2)3/h6-7,15-17,19H,4-5,8-14H2,1-3H3,(H,24,27). The maximum absolute atomic E-state index is 12.2. The first-order chi connectivity index (χ1) is 13.4. The van der Waals surface area contributed by atoms with Crippen LogP contribution in [0.1, 0.15) is 49.4 Å². The molecule has 0 spiro atoms. The Bertz CT molecular complexity index is 655. The topological polar surface area (TPSA) is 44.8 Å². The molecule has 0 radical (unpaired) electrons. The number of halogens is 1. The molecule has 2 aliphatic rings. The fraction of sp³-hybridized carbons (Fsp3) is 0.682. The van der Waals surface area contributed by atoms with Gasteiger partial charge in [0.25, 0.3) is 5.91 Å². The Morgan fingerprint density at radius 2 is 2.00 bits per heavy atom. The third kappa shape index (κ3) is 6.36. The molecular formula is C22H34ClN3O2. The highest BCUT2D eigenvalue weighted by Crippen LogP contribution is 2.35. The molecule has 5 nitrogen and oxygen atoms in total. The van der Waals surface area contributed by atoms with E-state index in [4.69, 9.17) is 16.3 Å². The smallest absolute Gasteiger partial charge is 0.251 e. The van der Waals surface area contributed by atoms with E-state index in [0.29, 0.717) is 28.9 Å². The van der Waals surface area contributed by atoms with Gasteiger partial charge in [-0.1, -0.05) is 24.4 Å². The molecule has 3 rings (SSSR count). The minimum atomic E-state index is -0.103. The Hall–Kier alpha value is -1.30. The summed E-state index contributed by atoms with van der Waals surface area (Å²) in [4.78, 5) is 16.9. The lowest BCUT2D eigenvalue weighted by Gasteiger charge is -2.36. The summed E-state index contributed by atoms with van der Waals surface area (Å²) in [5.74, 6) is 1.55. The molecule has 2 fully saturated rings. The average molecular weight is 408 g/mol. The monoisotopic (exact) mass is 407 g/mol. The van der Waals surface area contributed by atoms with E-state index in [9.17, 15) is 4.79 Å². The third-order valence-corrected chi connectivity index (χ3v) is 6.10. The molecule has 1 saturated heterocycles. The van der Waals surface area contributed by atoms with E-state index in [1.807, 2.05) is 25.1 Å². The number of ether oxygens (including phenoxy) is 1. The van der Waals surface area contributed by atoms with E-state index >= 15 is 0 Å². The summed E-state index contributed by atoms with van der Waals surface area (Å²) in [6, 6.07) is 6.00. The first kappa shape index (κ1) is 21.4. The van der Waals surface area contributed by atoms with E-state index in [2.05, 4.69) is 17.1 Å². The third-order valence-electron chi connectivity index (χ3n) is 5.80. The number of nitrogens with one attached hydrogen (secondary N) is 1. The molecule has 156 valence electrons. The zero-order chi connectivity index (χ0) is 20.1. The van der Waals surface area contributed by atoms with E-state index in [1.165, 1.54) is 19.3 Å². The minimum absolute atomic E-state index is 0.103. The van der Waals surface area contributed by atoms with Crippen molar-refractivity contribution in [2.75, 3.05) is 40.3 Å². The normalized spacial score (nSPS) is 19.6. The van der Waals surface area contributed by atoms with Crippen molar-refractivity contribution in [3.05, 3.63) is 28.8 Å². The van der Waals surface area contributed by atoms with Gasteiger partial charge < -0.3 is 19.9 Å². The summed E-state index contributed by atoms with van der Waals surface area (Å²) in [5, 5.41) is 3.41. The highest BCUT2D eigenvalue weighted by atomic mass is 35.5. The molecule has 1 aromatic carbocycles. The second-order valence-corrected chi connectivity index (χ2v) is 8.99. The lowest BCUT2D eigenvalue weighted by atomic mass is 10.0. The molecule has 0 bridgehead atoms. The Balaban J connectivity index is 1.46. The maximum Gasteiger partial charge on any atom is 0.251 e. The number of amides is 1. The summed E-state index contributed by atoms with van der Waals surface area (Å²) in [7, 11) is 3.96. The molecular weight excluding hydrogens is 374 g/mol. The molecule has 1 aliphatic carbocycles. The molecule has 28 heavy (non-hydrogen) atoms. The number of hydrogen-bond acceptors (Lipinski definition) is 4. The van der Waals surface area contributed by atoms with Crippen molar-refractivity contribution in [3.63, 3.8) is 0 Å². The molecule has 1 amide bonds. The van der Waals surface area contributed by atoms with Crippen molar-refractivity contribution in [1.82, 2.24) is 15.1 Å². The molecule has 6 heteroatoms. The number of benzene rings is 1. The number of likely N-dealkylation sites (tertiary alicyclic amines) is 1. The van der Waals surface area contributed by atoms with Crippen molar-refractivity contribution in [3.8, 4) is 5.75 Å². The summed E-state index contributed by atoms with van der Waals surface area (Å²) in [6.07, 6.45) is 6.44. The van der Waals surface area contributed by atoms with Crippen molar-refractivity contribution in [1.29, 1.82) is 0 Å². The van der Waals surface area contributed by atoms with Gasteiger partial charge in [0, 0.05) is 37.8 Å². The van der Waals surface area contributed by atoms with Crippen molar-refractivity contribution >= 4 is 17.5 Å². The van der Waals surface area contributed by atoms with Gasteiger partial charge in [-0.05, 0) is 64.4 Å². The molecule has 1 N–H and O–H groups in total. The van der Waals surface area contributed by atoms with Gasteiger partial charge >= 0.3 is 0 Å². The highest BCUT2D eigenvalue weighted by Gasteiger charge is 2.29. The number of likely N-dealkylation sites (N-methyl/N-ethyl adjacent to an activating group) is 1. The lowest BCUT2D eigenvalue weighted by molar-refractivity contribution is 0.0760. The molecule has 1 unspecified atom stereocenters. The van der Waals surface area contributed by atoms with Gasteiger partial charge in [0.2, 0.25) is 0 Å². The number of carbonyl (C=O) groups excluding carboxylic acids is 1. The van der Waals surface area contributed by atoms with Gasteiger partial charge in [0.05, 0.1) is 5.02 Å². The van der Waals surface area contributed by atoms with Crippen LogP contribution in [0.15, 0.2) is 18.2 Å². The fourth-order valence-electron chi connectivity index (χ4n) is 3.83. The number of hydrogen-bond donors (Lipinski definition) is 1. The van der Waals surface area contributed by atoms with Crippen LogP contribution < -0.4 is 10.1 Å². The quantitative estimate of drug-likeness (QED) is 0.678. The zero-order valence-electron chi connectivity index (χ0n) is 17.4. The van der Waals surface area contributed by atoms with Gasteiger partial charge in [-0.15, -0.1) is 0 Å². The van der Waals surface area contributed by atoms with Crippen LogP contribution in [-0.4, -0.2) is 68.1 Å². The number of rotatable bonds is 9. The number of nitrogens with zero attached hydrogens (tertiary/aromatic N) is 2. The zero-order valence-corrected chi connectivity index (χ0v) is 18.2. The minimum Gasteiger partial charge on any atom is -0.489 e. The highest BCUT2D eigenvalue weighted by molar-refractivity contribution is 6.32. The maximum atomic E-state index is 12.2. The Kier molecular flexibility index (Phi) is 7.61. The van der Waals surface area contributed by atoms with E-state index in [-0.39, 0.29) is 12.0 Å². The average Bonchev–Trinajstić information content (AvgIpc) is 3.47. The van der Waals surface area contributed by atoms with Gasteiger partial charge in [-0.25, -0.2) is 0 Å². The Morgan fingerprint density at radius 1 is 1.29 bits per heavy atom. The van der Waals surface area contributed by atoms with Crippen molar-refractivity contribution < 1.29 is 9.53 Å². The predicted octanol–water partition coefficient (Wildman–Crippen LogP) is 3.66. The van der Waals surface area contributed by atoms with Gasteiger partial charge in [-0.3, -0.25) is 4.79 Å². The Morgan fingerprint density at radius 3 is 2.61 bits per heavy atom. The van der Waals surface area contributed by atoms with Crippen LogP contribution in [0.5, 0.6) is 5.75 Å². The van der Waals surface area contributed by atoms with Crippen LogP contribution in [0.2, 0.25) is 5.02 Å². The van der Waals surface area contributed by atoms with Crippen LogP contribution in [0, 0.1) is 5.92 Å². The number of carbonyl (C=O) groups is 1. The number of piperidine rings is 1. The summed E-state index contributed by atoms with van der Waals surface area (Å²) in [5.41, 5.74) is 0.569. The van der Waals surface area contributed by atoms with Crippen LogP contribution >= 0.6 is 11.6 Å². The lowest BCUT2D eigenvalue weighted by Crippen LogP contribution is -2.43. The van der Waals surface area contributed by atoms with E-state index in [1.54, 1.807) is 12.1 Å². The molecule has 0 aromatic heterocycles. The van der Waals surface area contributed by atoms with E-state index < -0.39 is 0 Å². The van der Waals surface area contributed by atoms with Crippen LogP contribution in [-0.2, 0) is 0 Å². The molecule has 1 aromatic rings. The SMILES string of the molecule is CC(CC1CC1)N1CCC(Oc2ccc(C(=O)NCCN(C)C)cc2Cl)CC1. The first-order valence-electron chi connectivity index (χ1n) is 10.6. The molecule has 1 saturated carbocycles. The second kappa shape index (κ2) is 9.95. The second-order valence-electron chi connectivity index (χ2n) is 8.59. The largest absolute Gasteiger partial charge is 0.489 e. The van der Waals surface area contributed by atoms with Crippen LogP contribution in [0.3, 0.4) is 0 Å². The van der Waals surface area contributed by atoms with Gasteiger partial charge in [0.15, 0.2) is 0 Å². The molecule has 1 aliphatic heterocycles. The van der Waals surface area contributed by atoms with Crippen LogP contribution in [0.25, 0.3) is 0 Å². The van der Waals surface area contributed by atoms with Gasteiger partial charge in [-0.2, -0.15) is 0 Å². The summed E-state index contributed by atoms with van der Waals surface area (Å²) in [6.45, 7) is 5.95. The van der Waals surface area contributed by atoms with Crippen LogP contribution in [0.4, 0.5) is 0 Å². The predicted molar refractivity (Wildman–Crippen MR) is 114 cm³/mol.